The molecule has 0 unspecified atom stereocenters. The summed E-state index contributed by atoms with van der Waals surface area (Å²) in [7, 11) is 2.96. The number of phenolic OH excluding ortho intramolecular Hbond substituents is 1. The smallest absolute Gasteiger partial charge is 0.281 e. The lowest BCUT2D eigenvalue weighted by molar-refractivity contribution is 0.340. The lowest BCUT2D eigenvalue weighted by Gasteiger charge is -2.10. The number of rotatable bonds is 3. The summed E-state index contributed by atoms with van der Waals surface area (Å²) in [5, 5.41) is 11.1. The molecule has 27 heavy (non-hydrogen) atoms. The van der Waals surface area contributed by atoms with Gasteiger partial charge in [0.15, 0.2) is 11.5 Å². The Bertz CT molecular complexity index is 1130. The quantitative estimate of drug-likeness (QED) is 0.745. The van der Waals surface area contributed by atoms with E-state index in [1.54, 1.807) is 24.3 Å². The molecule has 7 heteroatoms. The van der Waals surface area contributed by atoms with Crippen LogP contribution in [-0.2, 0) is 6.54 Å². The van der Waals surface area contributed by atoms with Crippen LogP contribution < -0.4 is 15.0 Å². The van der Waals surface area contributed by atoms with E-state index in [4.69, 9.17) is 21.1 Å². The Morgan fingerprint density at radius 3 is 2.56 bits per heavy atom. The summed E-state index contributed by atoms with van der Waals surface area (Å²) in [6, 6.07) is 8.70. The molecule has 0 aliphatic carbocycles. The number of ether oxygens (including phenoxy) is 2. The Balaban J connectivity index is 1.87. The van der Waals surface area contributed by atoms with Crippen molar-refractivity contribution in [1.82, 2.24) is 9.55 Å². The van der Waals surface area contributed by atoms with Crippen molar-refractivity contribution in [3.8, 4) is 17.2 Å². The number of phenols is 1. The second-order valence-corrected chi connectivity index (χ2v) is 6.68. The van der Waals surface area contributed by atoms with E-state index in [-0.39, 0.29) is 11.3 Å². The van der Waals surface area contributed by atoms with E-state index in [9.17, 15) is 9.90 Å². The van der Waals surface area contributed by atoms with Gasteiger partial charge in [-0.25, -0.2) is 0 Å². The molecular weight excluding hydrogens is 368 g/mol. The molecule has 0 fully saturated rings. The first-order valence-electron chi connectivity index (χ1n) is 8.38. The number of methoxy groups -OCH3 is 2. The molecule has 0 bridgehead atoms. The van der Waals surface area contributed by atoms with Crippen LogP contribution in [0.25, 0.3) is 22.6 Å². The fourth-order valence-corrected chi connectivity index (χ4v) is 3.57. The number of nitrogens with zero attached hydrogens (tertiary/aromatic N) is 2. The van der Waals surface area contributed by atoms with Crippen molar-refractivity contribution in [2.75, 3.05) is 14.2 Å². The molecule has 0 spiro atoms. The molecule has 4 rings (SSSR count). The SMILES string of the molecule is COc1cc(/C=C2\CCn3c2nc(=O)c2cc(Cl)ccc23)cc(OC)c1O. The van der Waals surface area contributed by atoms with E-state index in [0.717, 1.165) is 29.6 Å². The lowest BCUT2D eigenvalue weighted by Crippen LogP contribution is -2.14. The fourth-order valence-electron chi connectivity index (χ4n) is 3.40. The third-order valence-corrected chi connectivity index (χ3v) is 4.91. The van der Waals surface area contributed by atoms with Crippen LogP contribution in [-0.4, -0.2) is 28.9 Å². The molecule has 1 aromatic heterocycles. The van der Waals surface area contributed by atoms with Crippen LogP contribution >= 0.6 is 11.6 Å². The number of fused-ring (bicyclic) bond motifs is 3. The van der Waals surface area contributed by atoms with Crippen LogP contribution in [0.2, 0.25) is 5.02 Å². The summed E-state index contributed by atoms with van der Waals surface area (Å²) >= 11 is 6.02. The summed E-state index contributed by atoms with van der Waals surface area (Å²) in [5.74, 6) is 1.22. The van der Waals surface area contributed by atoms with Crippen LogP contribution in [0.3, 0.4) is 0 Å². The molecule has 6 nitrogen and oxygen atoms in total. The maximum absolute atomic E-state index is 12.5. The van der Waals surface area contributed by atoms with Crippen molar-refractivity contribution in [1.29, 1.82) is 0 Å². The summed E-state index contributed by atoms with van der Waals surface area (Å²) in [6.45, 7) is 0.721. The van der Waals surface area contributed by atoms with Crippen molar-refractivity contribution in [2.45, 2.75) is 13.0 Å². The van der Waals surface area contributed by atoms with Crippen LogP contribution in [0.5, 0.6) is 17.2 Å². The monoisotopic (exact) mass is 384 g/mol. The number of allylic oxidation sites excluding steroid dienone is 1. The molecule has 3 aromatic rings. The molecule has 1 N–H and O–H groups in total. The lowest BCUT2D eigenvalue weighted by atomic mass is 10.1. The third-order valence-electron chi connectivity index (χ3n) is 4.68. The molecule has 0 amide bonds. The second-order valence-electron chi connectivity index (χ2n) is 6.25. The van der Waals surface area contributed by atoms with Gasteiger partial charge in [0.05, 0.1) is 25.1 Å². The number of aryl methyl sites for hydroxylation is 1. The molecule has 1 aliphatic heterocycles. The van der Waals surface area contributed by atoms with Crippen molar-refractivity contribution >= 4 is 34.2 Å². The summed E-state index contributed by atoms with van der Waals surface area (Å²) in [5.41, 5.74) is 2.24. The minimum atomic E-state index is -0.299. The first-order valence-corrected chi connectivity index (χ1v) is 8.75. The Hall–Kier alpha value is -2.99. The average Bonchev–Trinajstić information content (AvgIpc) is 3.05. The fraction of sp³-hybridized carbons (Fsp3) is 0.200. The first kappa shape index (κ1) is 17.4. The Kier molecular flexibility index (Phi) is 4.28. The number of aromatic nitrogens is 2. The van der Waals surface area contributed by atoms with Gasteiger partial charge in [0.25, 0.3) is 5.56 Å². The van der Waals surface area contributed by atoms with Crippen LogP contribution in [0.1, 0.15) is 17.8 Å². The number of benzene rings is 2. The van der Waals surface area contributed by atoms with Gasteiger partial charge in [-0.05, 0) is 54.0 Å². The highest BCUT2D eigenvalue weighted by atomic mass is 35.5. The highest BCUT2D eigenvalue weighted by Crippen LogP contribution is 2.39. The van der Waals surface area contributed by atoms with Gasteiger partial charge in [-0.1, -0.05) is 11.6 Å². The predicted octanol–water partition coefficient (Wildman–Crippen LogP) is 3.72. The number of hydrogen-bond acceptors (Lipinski definition) is 5. The van der Waals surface area contributed by atoms with Gasteiger partial charge in [0.1, 0.15) is 5.82 Å². The summed E-state index contributed by atoms with van der Waals surface area (Å²) < 4.78 is 12.4. The summed E-state index contributed by atoms with van der Waals surface area (Å²) in [4.78, 5) is 16.7. The number of aromatic hydroxyl groups is 1. The maximum atomic E-state index is 12.5. The highest BCUT2D eigenvalue weighted by Gasteiger charge is 2.21. The average molecular weight is 385 g/mol. The van der Waals surface area contributed by atoms with E-state index in [0.29, 0.717) is 27.7 Å². The Morgan fingerprint density at radius 2 is 1.89 bits per heavy atom. The zero-order valence-electron chi connectivity index (χ0n) is 14.8. The molecule has 0 radical (unpaired) electrons. The van der Waals surface area contributed by atoms with Crippen molar-refractivity contribution in [2.24, 2.45) is 0 Å². The highest BCUT2D eigenvalue weighted by molar-refractivity contribution is 6.31. The standard InChI is InChI=1S/C20H17ClN2O4/c1-26-16-8-11(9-17(27-2)18(16)24)7-12-5-6-23-15-4-3-13(21)10-14(15)20(25)22-19(12)23/h3-4,7-10,24H,5-6H2,1-2H3/b12-7+. The second kappa shape index (κ2) is 6.63. The van der Waals surface area contributed by atoms with E-state index < -0.39 is 0 Å². The minimum absolute atomic E-state index is 0.0498. The largest absolute Gasteiger partial charge is 0.502 e. The van der Waals surface area contributed by atoms with E-state index in [1.807, 2.05) is 16.7 Å². The van der Waals surface area contributed by atoms with E-state index in [2.05, 4.69) is 4.98 Å². The Labute approximate surface area is 160 Å². The third kappa shape index (κ3) is 2.92. The van der Waals surface area contributed by atoms with Crippen LogP contribution in [0, 0.1) is 0 Å². The molecular formula is C20H17ClN2O4. The van der Waals surface area contributed by atoms with E-state index in [1.165, 1.54) is 14.2 Å². The van der Waals surface area contributed by atoms with Crippen molar-refractivity contribution < 1.29 is 14.6 Å². The van der Waals surface area contributed by atoms with Crippen LogP contribution in [0.15, 0.2) is 35.1 Å². The molecule has 138 valence electrons. The molecule has 1 aliphatic rings. The molecule has 0 atom stereocenters. The van der Waals surface area contributed by atoms with E-state index >= 15 is 0 Å². The van der Waals surface area contributed by atoms with Crippen molar-refractivity contribution in [3.63, 3.8) is 0 Å². The van der Waals surface area contributed by atoms with Crippen LogP contribution in [0.4, 0.5) is 0 Å². The molecule has 2 heterocycles. The van der Waals surface area contributed by atoms with Gasteiger partial charge >= 0.3 is 0 Å². The van der Waals surface area contributed by atoms with Gasteiger partial charge in [-0.15, -0.1) is 0 Å². The normalized spacial score (nSPS) is 14.6. The zero-order chi connectivity index (χ0) is 19.1. The molecule has 2 aromatic carbocycles. The first-order chi connectivity index (χ1) is 13.0. The number of hydrogen-bond donors (Lipinski definition) is 1. The van der Waals surface area contributed by atoms with Gasteiger partial charge in [-0.3, -0.25) is 4.79 Å². The Morgan fingerprint density at radius 1 is 1.19 bits per heavy atom. The number of halogens is 1. The minimum Gasteiger partial charge on any atom is -0.502 e. The summed E-state index contributed by atoms with van der Waals surface area (Å²) in [6.07, 6.45) is 2.66. The van der Waals surface area contributed by atoms with Crippen molar-refractivity contribution in [3.05, 3.63) is 57.1 Å². The molecule has 0 saturated carbocycles. The maximum Gasteiger partial charge on any atom is 0.281 e. The van der Waals surface area contributed by atoms with Gasteiger partial charge in [0.2, 0.25) is 5.75 Å². The zero-order valence-corrected chi connectivity index (χ0v) is 15.6. The topological polar surface area (TPSA) is 73.6 Å². The van der Waals surface area contributed by atoms with Gasteiger partial charge in [-0.2, -0.15) is 4.98 Å². The molecule has 0 saturated heterocycles. The predicted molar refractivity (Wildman–Crippen MR) is 105 cm³/mol. The van der Waals surface area contributed by atoms with Gasteiger partial charge < -0.3 is 19.1 Å². The van der Waals surface area contributed by atoms with Gasteiger partial charge in [0, 0.05) is 11.6 Å².